The molecule has 6 heteroatoms. The van der Waals surface area contributed by atoms with Gasteiger partial charge in [0.2, 0.25) is 0 Å². The summed E-state index contributed by atoms with van der Waals surface area (Å²) < 4.78 is 2.87. The molecule has 19 heavy (non-hydrogen) atoms. The lowest BCUT2D eigenvalue weighted by Crippen LogP contribution is -2.12. The summed E-state index contributed by atoms with van der Waals surface area (Å²) in [6.07, 6.45) is 0. The van der Waals surface area contributed by atoms with Gasteiger partial charge in [-0.15, -0.1) is 0 Å². The van der Waals surface area contributed by atoms with Crippen LogP contribution in [-0.4, -0.2) is 4.99 Å². The van der Waals surface area contributed by atoms with Crippen molar-refractivity contribution in [1.29, 1.82) is 0 Å². The Bertz CT molecular complexity index is 624. The number of rotatable bonds is 3. The molecule has 2 aromatic carbocycles. The Morgan fingerprint density at radius 3 is 2.26 bits per heavy atom. The van der Waals surface area contributed by atoms with Crippen molar-refractivity contribution in [3.63, 3.8) is 0 Å². The third kappa shape index (κ3) is 3.56. The molecule has 0 amide bonds. The number of hydrogen-bond donors (Lipinski definition) is 2. The summed E-state index contributed by atoms with van der Waals surface area (Å²) in [5, 5.41) is 3.34. The summed E-state index contributed by atoms with van der Waals surface area (Å²) in [6.45, 7) is 0. The molecule has 2 nitrogen and oxygen atoms in total. The number of hydrogen-bond acceptors (Lipinski definition) is 2. The second kappa shape index (κ2) is 6.35. The normalized spacial score (nSPS) is 10.3. The zero-order chi connectivity index (χ0) is 14.0. The topological polar surface area (TPSA) is 38.0 Å². The SMILES string of the molecule is NC(=S)c1ccc(Br)cc1Nc1c(Br)cccc1Br. The number of anilines is 2. The van der Waals surface area contributed by atoms with E-state index in [4.69, 9.17) is 18.0 Å². The van der Waals surface area contributed by atoms with Crippen molar-refractivity contribution in [2.75, 3.05) is 5.32 Å². The molecule has 2 rings (SSSR count). The summed E-state index contributed by atoms with van der Waals surface area (Å²) in [6, 6.07) is 11.6. The number of benzene rings is 2. The lowest BCUT2D eigenvalue weighted by Gasteiger charge is -2.14. The lowest BCUT2D eigenvalue weighted by atomic mass is 10.1. The van der Waals surface area contributed by atoms with Gasteiger partial charge in [0, 0.05) is 24.7 Å². The van der Waals surface area contributed by atoms with Gasteiger partial charge < -0.3 is 11.1 Å². The molecule has 0 saturated heterocycles. The molecule has 0 bridgehead atoms. The van der Waals surface area contributed by atoms with Gasteiger partial charge in [-0.3, -0.25) is 0 Å². The van der Waals surface area contributed by atoms with Crippen LogP contribution < -0.4 is 11.1 Å². The lowest BCUT2D eigenvalue weighted by molar-refractivity contribution is 1.47. The second-order valence-electron chi connectivity index (χ2n) is 3.78. The molecule has 3 N–H and O–H groups in total. The van der Waals surface area contributed by atoms with Gasteiger partial charge >= 0.3 is 0 Å². The van der Waals surface area contributed by atoms with E-state index in [0.717, 1.165) is 30.4 Å². The van der Waals surface area contributed by atoms with Crippen molar-refractivity contribution in [1.82, 2.24) is 0 Å². The largest absolute Gasteiger partial charge is 0.389 e. The van der Waals surface area contributed by atoms with Crippen LogP contribution in [-0.2, 0) is 0 Å². The van der Waals surface area contributed by atoms with Crippen molar-refractivity contribution >= 4 is 76.4 Å². The van der Waals surface area contributed by atoms with Crippen LogP contribution in [0.5, 0.6) is 0 Å². The molecule has 0 heterocycles. The van der Waals surface area contributed by atoms with Crippen LogP contribution in [0, 0.1) is 0 Å². The summed E-state index contributed by atoms with van der Waals surface area (Å²) in [7, 11) is 0. The van der Waals surface area contributed by atoms with Crippen LogP contribution in [0.3, 0.4) is 0 Å². The maximum Gasteiger partial charge on any atom is 0.106 e. The van der Waals surface area contributed by atoms with Crippen LogP contribution in [0.15, 0.2) is 49.8 Å². The molecule has 0 radical (unpaired) electrons. The van der Waals surface area contributed by atoms with E-state index >= 15 is 0 Å². The van der Waals surface area contributed by atoms with E-state index < -0.39 is 0 Å². The fourth-order valence-corrected chi connectivity index (χ4v) is 3.32. The van der Waals surface area contributed by atoms with Crippen molar-refractivity contribution < 1.29 is 0 Å². The van der Waals surface area contributed by atoms with Gasteiger partial charge in [-0.2, -0.15) is 0 Å². The fourth-order valence-electron chi connectivity index (χ4n) is 1.59. The van der Waals surface area contributed by atoms with Crippen molar-refractivity contribution in [3.8, 4) is 0 Å². The van der Waals surface area contributed by atoms with Gasteiger partial charge in [-0.05, 0) is 62.2 Å². The number of nitrogens with one attached hydrogen (secondary N) is 1. The molecule has 0 fully saturated rings. The van der Waals surface area contributed by atoms with Gasteiger partial charge in [-0.1, -0.05) is 34.2 Å². The molecular formula is C13H9Br3N2S. The van der Waals surface area contributed by atoms with Crippen molar-refractivity contribution in [3.05, 3.63) is 55.4 Å². The van der Waals surface area contributed by atoms with E-state index in [0.29, 0.717) is 4.99 Å². The first-order chi connectivity index (χ1) is 8.99. The highest BCUT2D eigenvalue weighted by Crippen LogP contribution is 2.34. The van der Waals surface area contributed by atoms with Crippen LogP contribution in [0.1, 0.15) is 5.56 Å². The zero-order valence-corrected chi connectivity index (χ0v) is 15.2. The minimum atomic E-state index is 0.359. The predicted octanol–water partition coefficient (Wildman–Crippen LogP) is 5.35. The minimum absolute atomic E-state index is 0.359. The van der Waals surface area contributed by atoms with E-state index in [-0.39, 0.29) is 0 Å². The average molecular weight is 465 g/mol. The van der Waals surface area contributed by atoms with Crippen LogP contribution in [0.4, 0.5) is 11.4 Å². The first-order valence-corrected chi connectivity index (χ1v) is 8.08. The van der Waals surface area contributed by atoms with E-state index in [1.165, 1.54) is 0 Å². The summed E-state index contributed by atoms with van der Waals surface area (Å²) in [4.78, 5) is 0.359. The van der Waals surface area contributed by atoms with Crippen LogP contribution in [0.2, 0.25) is 0 Å². The van der Waals surface area contributed by atoms with Gasteiger partial charge in [0.05, 0.1) is 5.69 Å². The van der Waals surface area contributed by atoms with Crippen molar-refractivity contribution in [2.24, 2.45) is 5.73 Å². The van der Waals surface area contributed by atoms with Gasteiger partial charge in [0.1, 0.15) is 4.99 Å². The van der Waals surface area contributed by atoms with E-state index in [9.17, 15) is 0 Å². The molecule has 0 aromatic heterocycles. The van der Waals surface area contributed by atoms with Crippen molar-refractivity contribution in [2.45, 2.75) is 0 Å². The Balaban J connectivity index is 2.49. The highest BCUT2D eigenvalue weighted by molar-refractivity contribution is 9.11. The number of halogens is 3. The smallest absolute Gasteiger partial charge is 0.106 e. The van der Waals surface area contributed by atoms with E-state index in [2.05, 4.69) is 53.1 Å². The van der Waals surface area contributed by atoms with Gasteiger partial charge in [0.25, 0.3) is 0 Å². The Morgan fingerprint density at radius 1 is 1.05 bits per heavy atom. The molecule has 98 valence electrons. The summed E-state index contributed by atoms with van der Waals surface area (Å²) in [5.74, 6) is 0. The number of para-hydroxylation sites is 1. The Labute approximate surface area is 142 Å². The number of nitrogens with two attached hydrogens (primary N) is 1. The predicted molar refractivity (Wildman–Crippen MR) is 95.2 cm³/mol. The quantitative estimate of drug-likeness (QED) is 0.601. The maximum absolute atomic E-state index is 5.75. The molecule has 0 unspecified atom stereocenters. The number of thiocarbonyl (C=S) groups is 1. The van der Waals surface area contributed by atoms with E-state index in [1.54, 1.807) is 0 Å². The molecule has 0 atom stereocenters. The van der Waals surface area contributed by atoms with E-state index in [1.807, 2.05) is 36.4 Å². The van der Waals surface area contributed by atoms with Crippen LogP contribution >= 0.6 is 60.0 Å². The zero-order valence-electron chi connectivity index (χ0n) is 9.58. The summed E-state index contributed by atoms with van der Waals surface area (Å²) >= 11 is 15.6. The Kier molecular flexibility index (Phi) is 5.00. The summed E-state index contributed by atoms with van der Waals surface area (Å²) in [5.41, 5.74) is 8.34. The van der Waals surface area contributed by atoms with Gasteiger partial charge in [-0.25, -0.2) is 0 Å². The first kappa shape index (κ1) is 15.0. The Hall–Kier alpha value is -0.430. The van der Waals surface area contributed by atoms with Crippen LogP contribution in [0.25, 0.3) is 0 Å². The highest BCUT2D eigenvalue weighted by Gasteiger charge is 2.10. The Morgan fingerprint density at radius 2 is 1.68 bits per heavy atom. The minimum Gasteiger partial charge on any atom is -0.389 e. The second-order valence-corrected chi connectivity index (χ2v) is 6.84. The molecule has 0 spiro atoms. The standard InChI is InChI=1S/C13H9Br3N2S/c14-7-4-5-8(13(17)19)11(6-7)18-12-9(15)2-1-3-10(12)16/h1-6,18H,(H2,17,19). The third-order valence-electron chi connectivity index (χ3n) is 2.47. The maximum atomic E-state index is 5.75. The molecule has 0 saturated carbocycles. The highest BCUT2D eigenvalue weighted by atomic mass is 79.9. The molecule has 0 aliphatic rings. The molecule has 0 aliphatic carbocycles. The van der Waals surface area contributed by atoms with Gasteiger partial charge in [0.15, 0.2) is 0 Å². The molecule has 2 aromatic rings. The first-order valence-electron chi connectivity index (χ1n) is 5.29. The third-order valence-corrected chi connectivity index (χ3v) is 4.50. The average Bonchev–Trinajstić information content (AvgIpc) is 2.33. The molecule has 0 aliphatic heterocycles. The fraction of sp³-hybridized carbons (Fsp3) is 0. The molecular weight excluding hydrogens is 456 g/mol. The monoisotopic (exact) mass is 462 g/mol.